The molecule has 33 heavy (non-hydrogen) atoms. The van der Waals surface area contributed by atoms with Crippen LogP contribution in [0.15, 0.2) is 22.8 Å². The van der Waals surface area contributed by atoms with E-state index in [0.29, 0.717) is 18.1 Å². The zero-order valence-corrected chi connectivity index (χ0v) is 21.4. The molecule has 1 aliphatic heterocycles. The number of hydrogen-bond donors (Lipinski definition) is 1. The van der Waals surface area contributed by atoms with Crippen LogP contribution in [0.4, 0.5) is 0 Å². The van der Waals surface area contributed by atoms with Gasteiger partial charge in [-0.25, -0.2) is 4.79 Å². The number of fused-ring (bicyclic) bond motifs is 7. The summed E-state index contributed by atoms with van der Waals surface area (Å²) in [6.07, 6.45) is 8.51. The van der Waals surface area contributed by atoms with Gasteiger partial charge in [0.2, 0.25) is 0 Å². The Balaban J connectivity index is 1.54. The fourth-order valence-corrected chi connectivity index (χ4v) is 9.59. The Morgan fingerprint density at radius 1 is 1.15 bits per heavy atom. The standard InChI is InChI=1S/C29H42O4/c1-16(2)8-7-9-18-24-20-14-22(31)25-27(4)12-11-21(30)17(3)19(27)10-13-28(25,5)29(20,6)15-23(24)33-26(18)32/h8,17,19-20,22-23,25,31H,7,9-15H2,1-6H3. The van der Waals surface area contributed by atoms with Crippen molar-refractivity contribution in [1.82, 2.24) is 0 Å². The van der Waals surface area contributed by atoms with Gasteiger partial charge in [-0.05, 0) is 98.4 Å². The highest BCUT2D eigenvalue weighted by Crippen LogP contribution is 2.74. The topological polar surface area (TPSA) is 63.6 Å². The second-order valence-corrected chi connectivity index (χ2v) is 12.9. The number of carbonyl (C=O) groups excluding carboxylic acids is 2. The summed E-state index contributed by atoms with van der Waals surface area (Å²) in [4.78, 5) is 25.4. The molecule has 1 heterocycles. The van der Waals surface area contributed by atoms with E-state index < -0.39 is 6.10 Å². The molecule has 4 aliphatic carbocycles. The van der Waals surface area contributed by atoms with Gasteiger partial charge in [0.05, 0.1) is 6.10 Å². The zero-order chi connectivity index (χ0) is 23.9. The Hall–Kier alpha value is -1.42. The Bertz CT molecular complexity index is 941. The number of carbonyl (C=O) groups is 2. The molecule has 0 amide bonds. The predicted octanol–water partition coefficient (Wildman–Crippen LogP) is 5.78. The van der Waals surface area contributed by atoms with Crippen LogP contribution in [-0.2, 0) is 14.3 Å². The maximum absolute atomic E-state index is 12.8. The van der Waals surface area contributed by atoms with E-state index in [-0.39, 0.29) is 46.1 Å². The number of aliphatic hydroxyl groups excluding tert-OH is 1. The number of hydrogen-bond acceptors (Lipinski definition) is 4. The molecule has 0 bridgehead atoms. The van der Waals surface area contributed by atoms with Gasteiger partial charge >= 0.3 is 5.97 Å². The number of aliphatic hydroxyl groups is 1. The Morgan fingerprint density at radius 2 is 1.88 bits per heavy atom. The highest BCUT2D eigenvalue weighted by molar-refractivity contribution is 5.93. The van der Waals surface area contributed by atoms with Crippen LogP contribution in [0.5, 0.6) is 0 Å². The summed E-state index contributed by atoms with van der Waals surface area (Å²) in [5.74, 6) is 1.13. The third kappa shape index (κ3) is 3.04. The number of esters is 1. The quantitative estimate of drug-likeness (QED) is 0.433. The van der Waals surface area contributed by atoms with Crippen molar-refractivity contribution in [2.75, 3.05) is 0 Å². The largest absolute Gasteiger partial charge is 0.454 e. The monoisotopic (exact) mass is 454 g/mol. The van der Waals surface area contributed by atoms with Crippen molar-refractivity contribution >= 4 is 11.8 Å². The average Bonchev–Trinajstić information content (AvgIpc) is 3.17. The Labute approximate surface area is 199 Å². The van der Waals surface area contributed by atoms with Gasteiger partial charge in [0.25, 0.3) is 0 Å². The van der Waals surface area contributed by atoms with E-state index in [9.17, 15) is 14.7 Å². The van der Waals surface area contributed by atoms with Gasteiger partial charge in [-0.2, -0.15) is 0 Å². The smallest absolute Gasteiger partial charge is 0.334 e. The minimum absolute atomic E-state index is 0.00195. The lowest BCUT2D eigenvalue weighted by Gasteiger charge is -2.68. The predicted molar refractivity (Wildman–Crippen MR) is 128 cm³/mol. The second kappa shape index (κ2) is 7.54. The summed E-state index contributed by atoms with van der Waals surface area (Å²) < 4.78 is 5.98. The van der Waals surface area contributed by atoms with Crippen LogP contribution >= 0.6 is 0 Å². The minimum Gasteiger partial charge on any atom is -0.454 e. The molecule has 4 heteroatoms. The number of ketones is 1. The van der Waals surface area contributed by atoms with Gasteiger partial charge in [0, 0.05) is 17.9 Å². The molecule has 0 saturated heterocycles. The van der Waals surface area contributed by atoms with Crippen molar-refractivity contribution in [3.63, 3.8) is 0 Å². The SMILES string of the molecule is CC(C)=CCCC1=C2C(CC3(C)C2CC(O)C2C4(C)CCC(=O)C(C)C4CCC23C)OC1=O. The molecule has 9 atom stereocenters. The van der Waals surface area contributed by atoms with Gasteiger partial charge in [-0.3, -0.25) is 4.79 Å². The minimum atomic E-state index is -0.401. The zero-order valence-electron chi connectivity index (χ0n) is 21.4. The van der Waals surface area contributed by atoms with Crippen molar-refractivity contribution < 1.29 is 19.4 Å². The lowest BCUT2D eigenvalue weighted by Crippen LogP contribution is -2.65. The molecule has 0 aromatic rings. The summed E-state index contributed by atoms with van der Waals surface area (Å²) in [6.45, 7) is 13.5. The van der Waals surface area contributed by atoms with E-state index in [1.807, 2.05) is 0 Å². The molecule has 0 spiro atoms. The summed E-state index contributed by atoms with van der Waals surface area (Å²) >= 11 is 0. The molecule has 4 fully saturated rings. The first-order chi connectivity index (χ1) is 15.4. The fraction of sp³-hybridized carbons (Fsp3) is 0.793. The molecule has 5 rings (SSSR count). The van der Waals surface area contributed by atoms with Crippen LogP contribution in [-0.4, -0.2) is 29.1 Å². The van der Waals surface area contributed by atoms with E-state index in [2.05, 4.69) is 47.6 Å². The van der Waals surface area contributed by atoms with Gasteiger partial charge in [-0.15, -0.1) is 0 Å². The Kier molecular flexibility index (Phi) is 5.33. The summed E-state index contributed by atoms with van der Waals surface area (Å²) in [6, 6.07) is 0. The average molecular weight is 455 g/mol. The lowest BCUT2D eigenvalue weighted by molar-refractivity contribution is -0.224. The van der Waals surface area contributed by atoms with Crippen molar-refractivity contribution in [3.05, 3.63) is 22.8 Å². The van der Waals surface area contributed by atoms with E-state index in [4.69, 9.17) is 4.74 Å². The molecule has 0 radical (unpaired) electrons. The van der Waals surface area contributed by atoms with Gasteiger partial charge in [0.1, 0.15) is 11.9 Å². The first-order valence-electron chi connectivity index (χ1n) is 13.2. The molecule has 4 saturated carbocycles. The highest BCUT2D eigenvalue weighted by Gasteiger charge is 2.71. The van der Waals surface area contributed by atoms with Crippen molar-refractivity contribution in [2.45, 2.75) is 105 Å². The molecule has 4 nitrogen and oxygen atoms in total. The van der Waals surface area contributed by atoms with E-state index in [1.165, 1.54) is 11.1 Å². The van der Waals surface area contributed by atoms with E-state index >= 15 is 0 Å². The maximum atomic E-state index is 12.8. The van der Waals surface area contributed by atoms with E-state index in [0.717, 1.165) is 50.5 Å². The molecule has 0 aromatic carbocycles. The second-order valence-electron chi connectivity index (χ2n) is 12.9. The maximum Gasteiger partial charge on any atom is 0.334 e. The van der Waals surface area contributed by atoms with Gasteiger partial charge < -0.3 is 9.84 Å². The van der Waals surface area contributed by atoms with Crippen LogP contribution in [0.3, 0.4) is 0 Å². The first kappa shape index (κ1) is 23.3. The summed E-state index contributed by atoms with van der Waals surface area (Å²) in [5.41, 5.74) is 3.32. The lowest BCUT2D eigenvalue weighted by atomic mass is 9.36. The van der Waals surface area contributed by atoms with Gasteiger partial charge in [0.15, 0.2) is 0 Å². The van der Waals surface area contributed by atoms with Crippen LogP contribution < -0.4 is 0 Å². The highest BCUT2D eigenvalue weighted by atomic mass is 16.5. The molecule has 0 aromatic heterocycles. The van der Waals surface area contributed by atoms with Crippen LogP contribution in [0.1, 0.15) is 92.9 Å². The number of rotatable bonds is 3. The van der Waals surface area contributed by atoms with Crippen LogP contribution in [0.2, 0.25) is 0 Å². The molecule has 1 N–H and O–H groups in total. The third-order valence-electron chi connectivity index (χ3n) is 11.3. The molecule has 182 valence electrons. The number of ether oxygens (including phenoxy) is 1. The summed E-state index contributed by atoms with van der Waals surface area (Å²) in [7, 11) is 0. The van der Waals surface area contributed by atoms with E-state index in [1.54, 1.807) is 0 Å². The third-order valence-corrected chi connectivity index (χ3v) is 11.3. The normalized spacial score (nSPS) is 48.6. The van der Waals surface area contributed by atoms with Gasteiger partial charge in [-0.1, -0.05) is 39.3 Å². The Morgan fingerprint density at radius 3 is 2.58 bits per heavy atom. The van der Waals surface area contributed by atoms with Crippen molar-refractivity contribution in [2.24, 2.45) is 39.9 Å². The van der Waals surface area contributed by atoms with Crippen molar-refractivity contribution in [1.29, 1.82) is 0 Å². The van der Waals surface area contributed by atoms with Crippen molar-refractivity contribution in [3.8, 4) is 0 Å². The number of allylic oxidation sites excluding steroid dienone is 2. The number of Topliss-reactive ketones (excluding diaryl/α,β-unsaturated/α-hetero) is 1. The first-order valence-corrected chi connectivity index (χ1v) is 13.2. The van der Waals surface area contributed by atoms with Crippen LogP contribution in [0.25, 0.3) is 0 Å². The molecule has 9 unspecified atom stereocenters. The fourth-order valence-electron chi connectivity index (χ4n) is 9.59. The molecular formula is C29H42O4. The molecular weight excluding hydrogens is 412 g/mol. The summed E-state index contributed by atoms with van der Waals surface area (Å²) in [5, 5.41) is 11.8. The molecule has 5 aliphatic rings. The van der Waals surface area contributed by atoms with Crippen LogP contribution in [0, 0.1) is 39.9 Å².